The molecule has 0 radical (unpaired) electrons. The molecule has 0 N–H and O–H groups in total. The van der Waals surface area contributed by atoms with Crippen molar-refractivity contribution in [1.29, 1.82) is 5.26 Å². The summed E-state index contributed by atoms with van der Waals surface area (Å²) in [6, 6.07) is 5.13. The molecule has 1 heterocycles. The molecule has 130 valence electrons. The number of hydrogen-bond acceptors (Lipinski definition) is 4. The molecule has 0 bridgehead atoms. The maximum Gasteiger partial charge on any atom is 0.207 e. The Bertz CT molecular complexity index is 906. The number of methoxy groups -OCH3 is 1. The highest BCUT2D eigenvalue weighted by atomic mass is 35.5. The molecule has 8 heteroatoms. The zero-order valence-electron chi connectivity index (χ0n) is 13.6. The van der Waals surface area contributed by atoms with Crippen molar-refractivity contribution < 1.29 is 4.74 Å². The molecule has 0 aliphatic heterocycles. The topological polar surface area (TPSA) is 62.7 Å². The van der Waals surface area contributed by atoms with Crippen LogP contribution in [0.25, 0.3) is 0 Å². The van der Waals surface area contributed by atoms with Gasteiger partial charge in [0.05, 0.1) is 12.7 Å². The average molecular weight is 395 g/mol. The number of amidine groups is 1. The largest absolute Gasteiger partial charge is 0.496 e. The Morgan fingerprint density at radius 2 is 2.24 bits per heavy atom. The highest BCUT2D eigenvalue weighted by molar-refractivity contribution is 7.13. The first-order valence-electron chi connectivity index (χ1n) is 7.82. The Morgan fingerprint density at radius 1 is 1.44 bits per heavy atom. The summed E-state index contributed by atoms with van der Waals surface area (Å²) in [4.78, 5) is 9.16. The average Bonchev–Trinajstić information content (AvgIpc) is 2.90. The van der Waals surface area contributed by atoms with E-state index < -0.39 is 0 Å². The van der Waals surface area contributed by atoms with Gasteiger partial charge in [0.15, 0.2) is 10.6 Å². The van der Waals surface area contributed by atoms with Gasteiger partial charge < -0.3 is 9.30 Å². The molecule has 25 heavy (non-hydrogen) atoms. The van der Waals surface area contributed by atoms with Crippen molar-refractivity contribution >= 4 is 40.4 Å². The summed E-state index contributed by atoms with van der Waals surface area (Å²) in [5, 5.41) is 9.59. The summed E-state index contributed by atoms with van der Waals surface area (Å²) in [6.07, 6.45) is 7.40. The van der Waals surface area contributed by atoms with Crippen molar-refractivity contribution in [1.82, 2.24) is 4.57 Å². The van der Waals surface area contributed by atoms with Gasteiger partial charge in [-0.3, -0.25) is 0 Å². The van der Waals surface area contributed by atoms with Crippen molar-refractivity contribution in [3.05, 3.63) is 44.1 Å². The zero-order chi connectivity index (χ0) is 17.8. The molecular weight excluding hydrogens is 379 g/mol. The number of ether oxygens (including phenoxy) is 1. The van der Waals surface area contributed by atoms with Crippen LogP contribution in [0.4, 0.5) is 0 Å². The summed E-state index contributed by atoms with van der Waals surface area (Å²) >= 11 is 13.6. The lowest BCUT2D eigenvalue weighted by Crippen LogP contribution is -2.24. The van der Waals surface area contributed by atoms with Gasteiger partial charge in [0.2, 0.25) is 6.19 Å². The first-order chi connectivity index (χ1) is 12.1. The highest BCUT2D eigenvalue weighted by Gasteiger charge is 2.19. The smallest absolute Gasteiger partial charge is 0.207 e. The first kappa shape index (κ1) is 18.0. The number of nitrogens with zero attached hydrogens (tertiary/aromatic N) is 4. The van der Waals surface area contributed by atoms with E-state index in [4.69, 9.17) is 33.2 Å². The maximum atomic E-state index is 9.08. The van der Waals surface area contributed by atoms with Gasteiger partial charge >= 0.3 is 0 Å². The van der Waals surface area contributed by atoms with E-state index in [0.29, 0.717) is 31.4 Å². The second-order valence-corrected chi connectivity index (χ2v) is 7.84. The monoisotopic (exact) mass is 394 g/mol. The van der Waals surface area contributed by atoms with Crippen LogP contribution in [-0.4, -0.2) is 17.5 Å². The molecule has 1 aromatic heterocycles. The minimum absolute atomic E-state index is 0.253. The molecule has 0 spiro atoms. The summed E-state index contributed by atoms with van der Waals surface area (Å²) in [6.45, 7) is 0.870. The van der Waals surface area contributed by atoms with Gasteiger partial charge in [-0.05, 0) is 37.0 Å². The van der Waals surface area contributed by atoms with Gasteiger partial charge in [-0.1, -0.05) is 41.0 Å². The lowest BCUT2D eigenvalue weighted by atomic mass is 9.85. The summed E-state index contributed by atoms with van der Waals surface area (Å²) in [5.41, 5.74) is 0.566. The number of aromatic nitrogens is 1. The number of nitriles is 1. The fourth-order valence-electron chi connectivity index (χ4n) is 2.66. The van der Waals surface area contributed by atoms with E-state index in [9.17, 15) is 0 Å². The summed E-state index contributed by atoms with van der Waals surface area (Å²) in [5.74, 6) is 1.46. The van der Waals surface area contributed by atoms with Crippen LogP contribution in [0.5, 0.6) is 5.75 Å². The fourth-order valence-corrected chi connectivity index (χ4v) is 3.89. The van der Waals surface area contributed by atoms with Gasteiger partial charge in [0.25, 0.3) is 0 Å². The van der Waals surface area contributed by atoms with Crippen LogP contribution in [-0.2, 0) is 6.54 Å². The lowest BCUT2D eigenvalue weighted by Gasteiger charge is -2.25. The van der Waals surface area contributed by atoms with Gasteiger partial charge in [0.1, 0.15) is 10.1 Å². The van der Waals surface area contributed by atoms with Gasteiger partial charge in [0, 0.05) is 17.8 Å². The number of aliphatic imine (C=N–C) groups is 1. The molecule has 3 rings (SSSR count). The SMILES string of the molecule is COc1ccc(Cl)cc1C(=NC#N)/N=c1\sc(Cl)cn1CC1CCC1. The quantitative estimate of drug-likeness (QED) is 0.435. The Balaban J connectivity index is 2.06. The number of thiazole rings is 1. The van der Waals surface area contributed by atoms with E-state index in [2.05, 4.69) is 9.98 Å². The highest BCUT2D eigenvalue weighted by Crippen LogP contribution is 2.28. The van der Waals surface area contributed by atoms with Crippen molar-refractivity contribution in [2.45, 2.75) is 25.8 Å². The maximum absolute atomic E-state index is 9.08. The van der Waals surface area contributed by atoms with E-state index in [-0.39, 0.29) is 5.84 Å². The third-order valence-electron chi connectivity index (χ3n) is 4.13. The molecule has 1 aliphatic carbocycles. The molecule has 0 saturated heterocycles. The second-order valence-electron chi connectivity index (χ2n) is 5.76. The third-order valence-corrected chi connectivity index (χ3v) is 5.50. The summed E-state index contributed by atoms with van der Waals surface area (Å²) < 4.78 is 8.03. The molecule has 1 aromatic carbocycles. The van der Waals surface area contributed by atoms with E-state index in [0.717, 1.165) is 6.54 Å². The number of rotatable bonds is 4. The Labute approximate surface area is 159 Å². The third kappa shape index (κ3) is 4.24. The Kier molecular flexibility index (Phi) is 5.79. The molecule has 0 unspecified atom stereocenters. The minimum Gasteiger partial charge on any atom is -0.496 e. The zero-order valence-corrected chi connectivity index (χ0v) is 15.9. The molecule has 0 atom stereocenters. The Morgan fingerprint density at radius 3 is 2.88 bits per heavy atom. The second kappa shape index (κ2) is 8.05. The lowest BCUT2D eigenvalue weighted by molar-refractivity contribution is 0.274. The molecule has 1 aliphatic rings. The molecule has 5 nitrogen and oxygen atoms in total. The standard InChI is InChI=1S/C17H16Cl2N4OS/c1-24-14-6-5-12(18)7-13(14)16(21-10-20)22-17-23(9-15(19)25-17)8-11-3-2-4-11/h5-7,9,11H,2-4,8H2,1H3/b21-16?,22-17-. The van der Waals surface area contributed by atoms with E-state index in [1.807, 2.05) is 10.8 Å². The number of hydrogen-bond donors (Lipinski definition) is 0. The molecular formula is C17H16Cl2N4OS. The number of halogens is 2. The van der Waals surface area contributed by atoms with Crippen LogP contribution in [0.3, 0.4) is 0 Å². The van der Waals surface area contributed by atoms with E-state index in [1.54, 1.807) is 31.5 Å². The molecule has 1 saturated carbocycles. The van der Waals surface area contributed by atoms with Crippen LogP contribution in [0.2, 0.25) is 9.36 Å². The number of benzene rings is 1. The van der Waals surface area contributed by atoms with Gasteiger partial charge in [-0.15, -0.1) is 0 Å². The van der Waals surface area contributed by atoms with Crippen LogP contribution < -0.4 is 9.54 Å². The van der Waals surface area contributed by atoms with Crippen LogP contribution in [0.15, 0.2) is 34.4 Å². The predicted molar refractivity (Wildman–Crippen MR) is 100 cm³/mol. The van der Waals surface area contributed by atoms with E-state index >= 15 is 0 Å². The van der Waals surface area contributed by atoms with Crippen molar-refractivity contribution in [3.63, 3.8) is 0 Å². The van der Waals surface area contributed by atoms with Crippen molar-refractivity contribution in [2.24, 2.45) is 15.9 Å². The first-order valence-corrected chi connectivity index (χ1v) is 9.39. The van der Waals surface area contributed by atoms with E-state index in [1.165, 1.54) is 30.6 Å². The molecule has 0 amide bonds. The Hall–Kier alpha value is -1.81. The fraction of sp³-hybridized carbons (Fsp3) is 0.353. The molecule has 1 fully saturated rings. The predicted octanol–water partition coefficient (Wildman–Crippen LogP) is 4.49. The normalized spacial score (nSPS) is 15.8. The van der Waals surface area contributed by atoms with Gasteiger partial charge in [-0.2, -0.15) is 15.2 Å². The summed E-state index contributed by atoms with van der Waals surface area (Å²) in [7, 11) is 1.55. The molecule has 2 aromatic rings. The van der Waals surface area contributed by atoms with Crippen molar-refractivity contribution in [2.75, 3.05) is 7.11 Å². The van der Waals surface area contributed by atoms with Crippen LogP contribution in [0, 0.1) is 17.4 Å². The van der Waals surface area contributed by atoms with Crippen molar-refractivity contribution in [3.8, 4) is 11.9 Å². The van der Waals surface area contributed by atoms with Gasteiger partial charge in [-0.25, -0.2) is 0 Å². The van der Waals surface area contributed by atoms with Crippen LogP contribution >= 0.6 is 34.5 Å². The minimum atomic E-state index is 0.253. The van der Waals surface area contributed by atoms with Crippen LogP contribution in [0.1, 0.15) is 24.8 Å².